The van der Waals surface area contributed by atoms with Gasteiger partial charge in [-0.2, -0.15) is 22.5 Å². The minimum absolute atomic E-state index is 0.142. The minimum Gasteiger partial charge on any atom is -0.381 e. The first-order valence-electron chi connectivity index (χ1n) is 6.09. The number of aromatic nitrogens is 1. The molecule has 0 saturated heterocycles. The average molecular weight is 280 g/mol. The van der Waals surface area contributed by atoms with Gasteiger partial charge in [0.25, 0.3) is 11.9 Å². The number of rotatable bonds is 8. The fraction of sp³-hybridized carbons (Fsp3) is 0.583. The third kappa shape index (κ3) is 4.66. The van der Waals surface area contributed by atoms with E-state index in [0.29, 0.717) is 19.6 Å². The maximum Gasteiger partial charge on any atom is 0.253 e. The third-order valence-corrected chi connectivity index (χ3v) is 2.41. The molecule has 0 fully saturated rings. The Labute approximate surface area is 109 Å². The summed E-state index contributed by atoms with van der Waals surface area (Å²) in [5.74, 6) is -6.38. The van der Waals surface area contributed by atoms with Gasteiger partial charge in [-0.1, -0.05) is 13.3 Å². The zero-order valence-corrected chi connectivity index (χ0v) is 10.6. The highest BCUT2D eigenvalue weighted by Gasteiger charge is 2.20. The molecule has 0 aliphatic carbocycles. The Morgan fingerprint density at radius 2 is 1.58 bits per heavy atom. The molecule has 108 valence electrons. The van der Waals surface area contributed by atoms with Crippen LogP contribution in [0.3, 0.4) is 0 Å². The van der Waals surface area contributed by atoms with E-state index < -0.39 is 29.2 Å². The summed E-state index contributed by atoms with van der Waals surface area (Å²) in [4.78, 5) is 2.46. The van der Waals surface area contributed by atoms with Gasteiger partial charge in [0.2, 0.25) is 11.6 Å². The van der Waals surface area contributed by atoms with Crippen LogP contribution in [-0.4, -0.2) is 24.7 Å². The van der Waals surface area contributed by atoms with E-state index in [4.69, 9.17) is 4.74 Å². The standard InChI is InChI=1S/C12H16F4N2O/c1-2-3-6-19-7-4-5-17-10-8(13)11(15)18-12(16)9(10)14/h2-7H2,1H3,(H,17,18). The van der Waals surface area contributed by atoms with Gasteiger partial charge in [0.1, 0.15) is 5.69 Å². The molecular formula is C12H16F4N2O. The second-order valence-corrected chi connectivity index (χ2v) is 3.94. The van der Waals surface area contributed by atoms with E-state index in [1.165, 1.54) is 0 Å². The highest BCUT2D eigenvalue weighted by atomic mass is 19.2. The number of anilines is 1. The second kappa shape index (κ2) is 7.93. The van der Waals surface area contributed by atoms with Crippen LogP contribution >= 0.6 is 0 Å². The van der Waals surface area contributed by atoms with Gasteiger partial charge in [-0.05, 0) is 12.8 Å². The molecule has 0 atom stereocenters. The zero-order chi connectivity index (χ0) is 14.3. The topological polar surface area (TPSA) is 34.1 Å². The summed E-state index contributed by atoms with van der Waals surface area (Å²) < 4.78 is 57.1. The van der Waals surface area contributed by atoms with Crippen LogP contribution in [0.2, 0.25) is 0 Å². The van der Waals surface area contributed by atoms with E-state index >= 15 is 0 Å². The summed E-state index contributed by atoms with van der Waals surface area (Å²) in [5, 5.41) is 2.30. The summed E-state index contributed by atoms with van der Waals surface area (Å²) in [6.45, 7) is 3.20. The molecule has 1 N–H and O–H groups in total. The maximum absolute atomic E-state index is 13.2. The Hall–Kier alpha value is -1.37. The number of ether oxygens (including phenoxy) is 1. The second-order valence-electron chi connectivity index (χ2n) is 3.94. The lowest BCUT2D eigenvalue weighted by molar-refractivity contribution is 0.131. The predicted molar refractivity (Wildman–Crippen MR) is 62.9 cm³/mol. The van der Waals surface area contributed by atoms with Crippen LogP contribution in [0, 0.1) is 23.5 Å². The Morgan fingerprint density at radius 1 is 1.00 bits per heavy atom. The van der Waals surface area contributed by atoms with E-state index in [9.17, 15) is 17.6 Å². The van der Waals surface area contributed by atoms with Crippen molar-refractivity contribution in [2.45, 2.75) is 26.2 Å². The molecule has 0 amide bonds. The molecule has 1 aromatic rings. The van der Waals surface area contributed by atoms with Gasteiger partial charge >= 0.3 is 0 Å². The molecule has 1 heterocycles. The van der Waals surface area contributed by atoms with E-state index in [0.717, 1.165) is 12.8 Å². The highest BCUT2D eigenvalue weighted by molar-refractivity contribution is 5.45. The highest BCUT2D eigenvalue weighted by Crippen LogP contribution is 2.21. The molecule has 7 heteroatoms. The van der Waals surface area contributed by atoms with Gasteiger partial charge in [-0.25, -0.2) is 0 Å². The zero-order valence-electron chi connectivity index (χ0n) is 10.6. The molecule has 0 aliphatic rings. The van der Waals surface area contributed by atoms with Crippen LogP contribution < -0.4 is 5.32 Å². The Morgan fingerprint density at radius 3 is 2.16 bits per heavy atom. The molecular weight excluding hydrogens is 264 g/mol. The van der Waals surface area contributed by atoms with Gasteiger partial charge < -0.3 is 10.1 Å². The molecule has 19 heavy (non-hydrogen) atoms. The van der Waals surface area contributed by atoms with Crippen molar-refractivity contribution in [2.24, 2.45) is 0 Å². The Bertz CT molecular complexity index is 389. The summed E-state index contributed by atoms with van der Waals surface area (Å²) in [7, 11) is 0. The number of nitrogens with zero attached hydrogens (tertiary/aromatic N) is 1. The number of nitrogens with one attached hydrogen (secondary N) is 1. The van der Waals surface area contributed by atoms with Crippen LogP contribution in [0.1, 0.15) is 26.2 Å². The molecule has 0 aromatic carbocycles. The smallest absolute Gasteiger partial charge is 0.253 e. The third-order valence-electron chi connectivity index (χ3n) is 2.41. The fourth-order valence-electron chi connectivity index (χ4n) is 1.38. The number of pyridine rings is 1. The molecule has 1 aromatic heterocycles. The average Bonchev–Trinajstić information content (AvgIpc) is 2.39. The fourth-order valence-corrected chi connectivity index (χ4v) is 1.38. The molecule has 1 rings (SSSR count). The van der Waals surface area contributed by atoms with Crippen molar-refractivity contribution in [1.29, 1.82) is 0 Å². The van der Waals surface area contributed by atoms with Crippen molar-refractivity contribution in [3.8, 4) is 0 Å². The molecule has 0 unspecified atom stereocenters. The van der Waals surface area contributed by atoms with Crippen molar-refractivity contribution in [2.75, 3.05) is 25.1 Å². The van der Waals surface area contributed by atoms with E-state index in [-0.39, 0.29) is 6.54 Å². The first-order chi connectivity index (χ1) is 9.07. The van der Waals surface area contributed by atoms with Crippen LogP contribution in [0.5, 0.6) is 0 Å². The van der Waals surface area contributed by atoms with E-state index in [1.807, 2.05) is 6.92 Å². The van der Waals surface area contributed by atoms with Crippen molar-refractivity contribution in [1.82, 2.24) is 4.98 Å². The molecule has 0 spiro atoms. The molecule has 0 saturated carbocycles. The van der Waals surface area contributed by atoms with Crippen LogP contribution in [0.25, 0.3) is 0 Å². The molecule has 3 nitrogen and oxygen atoms in total. The SMILES string of the molecule is CCCCOCCCNc1c(F)c(F)nc(F)c1F. The number of hydrogen-bond donors (Lipinski definition) is 1. The van der Waals surface area contributed by atoms with E-state index in [1.54, 1.807) is 0 Å². The van der Waals surface area contributed by atoms with Gasteiger partial charge in [-0.3, -0.25) is 0 Å². The predicted octanol–water partition coefficient (Wildman–Crippen LogP) is 3.26. The lowest BCUT2D eigenvalue weighted by Crippen LogP contribution is -2.12. The van der Waals surface area contributed by atoms with Crippen LogP contribution in [-0.2, 0) is 4.74 Å². The number of hydrogen-bond acceptors (Lipinski definition) is 3. The lowest BCUT2D eigenvalue weighted by atomic mass is 10.3. The van der Waals surface area contributed by atoms with Crippen LogP contribution in [0.15, 0.2) is 0 Å². The summed E-state index contributed by atoms with van der Waals surface area (Å²) in [5.41, 5.74) is -0.835. The lowest BCUT2D eigenvalue weighted by Gasteiger charge is -2.09. The molecule has 0 radical (unpaired) electrons. The monoisotopic (exact) mass is 280 g/mol. The summed E-state index contributed by atoms with van der Waals surface area (Å²) in [6.07, 6.45) is 2.43. The Kier molecular flexibility index (Phi) is 6.55. The first-order valence-corrected chi connectivity index (χ1v) is 6.09. The van der Waals surface area contributed by atoms with Crippen molar-refractivity contribution >= 4 is 5.69 Å². The number of unbranched alkanes of at least 4 members (excludes halogenated alkanes) is 1. The maximum atomic E-state index is 13.2. The summed E-state index contributed by atoms with van der Waals surface area (Å²) in [6, 6.07) is 0. The molecule has 0 aliphatic heterocycles. The summed E-state index contributed by atoms with van der Waals surface area (Å²) >= 11 is 0. The van der Waals surface area contributed by atoms with Crippen molar-refractivity contribution in [3.63, 3.8) is 0 Å². The van der Waals surface area contributed by atoms with Gasteiger partial charge in [0, 0.05) is 19.8 Å². The Balaban J connectivity index is 2.41. The van der Waals surface area contributed by atoms with Gasteiger partial charge in [0.05, 0.1) is 0 Å². The quantitative estimate of drug-likeness (QED) is 0.451. The first kappa shape index (κ1) is 15.7. The van der Waals surface area contributed by atoms with Crippen molar-refractivity contribution < 1.29 is 22.3 Å². The largest absolute Gasteiger partial charge is 0.381 e. The minimum atomic E-state index is -1.67. The molecule has 0 bridgehead atoms. The van der Waals surface area contributed by atoms with E-state index in [2.05, 4.69) is 10.3 Å². The normalized spacial score (nSPS) is 10.8. The van der Waals surface area contributed by atoms with Gasteiger partial charge in [0.15, 0.2) is 0 Å². The van der Waals surface area contributed by atoms with Crippen molar-refractivity contribution in [3.05, 3.63) is 23.5 Å². The van der Waals surface area contributed by atoms with Crippen LogP contribution in [0.4, 0.5) is 23.2 Å². The van der Waals surface area contributed by atoms with Gasteiger partial charge in [-0.15, -0.1) is 0 Å². The number of halogens is 4.